The molecule has 0 unspecified atom stereocenters. The van der Waals surface area contributed by atoms with E-state index in [2.05, 4.69) is 43.7 Å². The summed E-state index contributed by atoms with van der Waals surface area (Å²) in [5.74, 6) is 0.226. The Morgan fingerprint density at radius 2 is 1.95 bits per heavy atom. The first-order valence-corrected chi connectivity index (χ1v) is 9.10. The standard InChI is InChI=1S/C15H20Br2ClNO/c1-2-19(10-6-4-3-5-7-10)9-11-13(18)8-12(16)15(20)14(11)17/h8,10,20H,2-7,9H2,1H3. The highest BCUT2D eigenvalue weighted by atomic mass is 79.9. The molecule has 0 spiro atoms. The number of hydrogen-bond donors (Lipinski definition) is 1. The highest BCUT2D eigenvalue weighted by Gasteiger charge is 2.23. The number of nitrogens with zero attached hydrogens (tertiary/aromatic N) is 1. The second-order valence-corrected chi connectivity index (χ2v) is 7.39. The molecule has 0 aromatic heterocycles. The molecule has 0 radical (unpaired) electrons. The van der Waals surface area contributed by atoms with Crippen molar-refractivity contribution in [1.82, 2.24) is 4.90 Å². The molecule has 1 saturated carbocycles. The molecule has 1 aliphatic rings. The number of aromatic hydroxyl groups is 1. The SMILES string of the molecule is CCN(Cc1c(Cl)cc(Br)c(O)c1Br)C1CCCCC1. The third kappa shape index (κ3) is 3.70. The molecule has 2 rings (SSSR count). The van der Waals surface area contributed by atoms with Crippen molar-refractivity contribution >= 4 is 43.5 Å². The van der Waals surface area contributed by atoms with Gasteiger partial charge in [-0.2, -0.15) is 0 Å². The summed E-state index contributed by atoms with van der Waals surface area (Å²) in [6, 6.07) is 2.41. The van der Waals surface area contributed by atoms with Gasteiger partial charge in [0.1, 0.15) is 5.75 Å². The summed E-state index contributed by atoms with van der Waals surface area (Å²) in [6.07, 6.45) is 6.54. The molecule has 0 aliphatic heterocycles. The first-order chi connectivity index (χ1) is 9.54. The van der Waals surface area contributed by atoms with Gasteiger partial charge >= 0.3 is 0 Å². The van der Waals surface area contributed by atoms with Gasteiger partial charge in [-0.1, -0.05) is 37.8 Å². The maximum absolute atomic E-state index is 10.0. The van der Waals surface area contributed by atoms with Gasteiger partial charge in [0.15, 0.2) is 0 Å². The number of rotatable bonds is 4. The van der Waals surface area contributed by atoms with Gasteiger partial charge in [0.25, 0.3) is 0 Å². The predicted molar refractivity (Wildman–Crippen MR) is 91.5 cm³/mol. The summed E-state index contributed by atoms with van der Waals surface area (Å²) in [5, 5.41) is 10.7. The van der Waals surface area contributed by atoms with Crippen LogP contribution in [0.5, 0.6) is 5.75 Å². The monoisotopic (exact) mass is 423 g/mol. The van der Waals surface area contributed by atoms with E-state index in [1.807, 2.05) is 0 Å². The number of phenols is 1. The van der Waals surface area contributed by atoms with Crippen molar-refractivity contribution in [2.24, 2.45) is 0 Å². The molecule has 2 nitrogen and oxygen atoms in total. The molecule has 1 aromatic carbocycles. The second-order valence-electron chi connectivity index (χ2n) is 5.34. The smallest absolute Gasteiger partial charge is 0.144 e. The maximum Gasteiger partial charge on any atom is 0.144 e. The fourth-order valence-electron chi connectivity index (χ4n) is 2.91. The van der Waals surface area contributed by atoms with Crippen molar-refractivity contribution in [3.05, 3.63) is 25.6 Å². The third-order valence-electron chi connectivity index (χ3n) is 4.10. The molecule has 1 fully saturated rings. The molecule has 0 bridgehead atoms. The second kappa shape index (κ2) is 7.48. The van der Waals surface area contributed by atoms with E-state index in [0.29, 0.717) is 20.0 Å². The van der Waals surface area contributed by atoms with E-state index in [4.69, 9.17) is 11.6 Å². The molecular weight excluding hydrogens is 405 g/mol. The van der Waals surface area contributed by atoms with Crippen LogP contribution in [-0.2, 0) is 6.54 Å². The van der Waals surface area contributed by atoms with Gasteiger partial charge in [-0.05, 0) is 57.3 Å². The van der Waals surface area contributed by atoms with Crippen LogP contribution in [0.15, 0.2) is 15.0 Å². The van der Waals surface area contributed by atoms with Crippen LogP contribution in [0.3, 0.4) is 0 Å². The highest BCUT2D eigenvalue weighted by Crippen LogP contribution is 2.40. The van der Waals surface area contributed by atoms with Crippen LogP contribution in [-0.4, -0.2) is 22.6 Å². The lowest BCUT2D eigenvalue weighted by Gasteiger charge is -2.34. The molecule has 0 atom stereocenters. The van der Waals surface area contributed by atoms with Crippen LogP contribution in [0.25, 0.3) is 0 Å². The van der Waals surface area contributed by atoms with E-state index >= 15 is 0 Å². The van der Waals surface area contributed by atoms with Crippen LogP contribution in [0.1, 0.15) is 44.6 Å². The Balaban J connectivity index is 2.21. The predicted octanol–water partition coefficient (Wildman–Crippen LogP) is 5.73. The van der Waals surface area contributed by atoms with Crippen LogP contribution in [0, 0.1) is 0 Å². The summed E-state index contributed by atoms with van der Waals surface area (Å²) in [4.78, 5) is 2.47. The first kappa shape index (κ1) is 16.6. The van der Waals surface area contributed by atoms with Gasteiger partial charge < -0.3 is 5.11 Å². The molecule has 112 valence electrons. The van der Waals surface area contributed by atoms with E-state index in [1.165, 1.54) is 32.1 Å². The van der Waals surface area contributed by atoms with E-state index in [0.717, 1.165) is 18.7 Å². The quantitative estimate of drug-likeness (QED) is 0.666. The van der Waals surface area contributed by atoms with E-state index in [9.17, 15) is 5.11 Å². The number of halogens is 3. The first-order valence-electron chi connectivity index (χ1n) is 7.14. The van der Waals surface area contributed by atoms with Crippen molar-refractivity contribution in [3.8, 4) is 5.75 Å². The number of hydrogen-bond acceptors (Lipinski definition) is 2. The summed E-state index contributed by atoms with van der Waals surface area (Å²) >= 11 is 13.1. The largest absolute Gasteiger partial charge is 0.506 e. The Hall–Kier alpha value is 0.230. The molecular formula is C15H20Br2ClNO. The van der Waals surface area contributed by atoms with Gasteiger partial charge in [0.05, 0.1) is 8.95 Å². The summed E-state index contributed by atoms with van der Waals surface area (Å²) in [7, 11) is 0. The minimum absolute atomic E-state index is 0.226. The Bertz CT molecular complexity index is 475. The molecule has 20 heavy (non-hydrogen) atoms. The van der Waals surface area contributed by atoms with Crippen molar-refractivity contribution in [2.45, 2.75) is 51.6 Å². The van der Waals surface area contributed by atoms with Crippen molar-refractivity contribution in [3.63, 3.8) is 0 Å². The average molecular weight is 426 g/mol. The van der Waals surface area contributed by atoms with Gasteiger partial charge in [-0.15, -0.1) is 0 Å². The molecule has 1 N–H and O–H groups in total. The topological polar surface area (TPSA) is 23.5 Å². The van der Waals surface area contributed by atoms with Crippen molar-refractivity contribution in [2.75, 3.05) is 6.54 Å². The molecule has 1 aliphatic carbocycles. The van der Waals surface area contributed by atoms with Gasteiger partial charge in [-0.25, -0.2) is 0 Å². The van der Waals surface area contributed by atoms with E-state index < -0.39 is 0 Å². The number of benzene rings is 1. The van der Waals surface area contributed by atoms with Crippen LogP contribution >= 0.6 is 43.5 Å². The Labute approximate surface area is 142 Å². The molecule has 5 heteroatoms. The highest BCUT2D eigenvalue weighted by molar-refractivity contribution is 9.11. The fourth-order valence-corrected chi connectivity index (χ4v) is 4.67. The van der Waals surface area contributed by atoms with E-state index in [1.54, 1.807) is 6.07 Å². The molecule has 0 saturated heterocycles. The lowest BCUT2D eigenvalue weighted by Crippen LogP contribution is -2.36. The van der Waals surface area contributed by atoms with Crippen molar-refractivity contribution < 1.29 is 5.11 Å². The minimum atomic E-state index is 0.226. The van der Waals surface area contributed by atoms with Gasteiger partial charge in [0.2, 0.25) is 0 Å². The Morgan fingerprint density at radius 1 is 1.30 bits per heavy atom. The summed E-state index contributed by atoms with van der Waals surface area (Å²) in [6.45, 7) is 3.97. The normalized spacial score (nSPS) is 16.9. The van der Waals surface area contributed by atoms with Gasteiger partial charge in [-0.3, -0.25) is 4.90 Å². The zero-order valence-electron chi connectivity index (χ0n) is 11.6. The Morgan fingerprint density at radius 3 is 2.55 bits per heavy atom. The Kier molecular flexibility index (Phi) is 6.21. The van der Waals surface area contributed by atoms with Crippen molar-refractivity contribution in [1.29, 1.82) is 0 Å². The van der Waals surface area contributed by atoms with Crippen LogP contribution in [0.2, 0.25) is 5.02 Å². The summed E-state index contributed by atoms with van der Waals surface area (Å²) < 4.78 is 1.32. The fraction of sp³-hybridized carbons (Fsp3) is 0.600. The average Bonchev–Trinajstić information content (AvgIpc) is 2.46. The zero-order chi connectivity index (χ0) is 14.7. The van der Waals surface area contributed by atoms with Crippen LogP contribution in [0.4, 0.5) is 0 Å². The lowest BCUT2D eigenvalue weighted by molar-refractivity contribution is 0.155. The summed E-state index contributed by atoms with van der Waals surface area (Å²) in [5.41, 5.74) is 0.972. The minimum Gasteiger partial charge on any atom is -0.506 e. The lowest BCUT2D eigenvalue weighted by atomic mass is 9.94. The van der Waals surface area contributed by atoms with Gasteiger partial charge in [0, 0.05) is 23.2 Å². The van der Waals surface area contributed by atoms with Crippen LogP contribution < -0.4 is 0 Å². The molecule has 0 heterocycles. The zero-order valence-corrected chi connectivity index (χ0v) is 15.6. The number of phenolic OH excluding ortho intramolecular Hbond substituents is 1. The third-order valence-corrected chi connectivity index (χ3v) is 5.90. The molecule has 0 amide bonds. The molecule has 1 aromatic rings. The maximum atomic E-state index is 10.0. The van der Waals surface area contributed by atoms with E-state index in [-0.39, 0.29) is 5.75 Å².